The van der Waals surface area contributed by atoms with Gasteiger partial charge < -0.3 is 15.0 Å². The minimum Gasteiger partial charge on any atom is -0.496 e. The molecule has 20 heavy (non-hydrogen) atoms. The van der Waals surface area contributed by atoms with Gasteiger partial charge in [0.05, 0.1) is 13.7 Å². The summed E-state index contributed by atoms with van der Waals surface area (Å²) >= 11 is 0. The van der Waals surface area contributed by atoms with Crippen LogP contribution in [0.1, 0.15) is 36.6 Å². The third-order valence-electron chi connectivity index (χ3n) is 3.67. The van der Waals surface area contributed by atoms with Crippen LogP contribution in [0.4, 0.5) is 0 Å². The number of aryl methyl sites for hydroxylation is 1. The predicted octanol–water partition coefficient (Wildman–Crippen LogP) is 3.51. The lowest BCUT2D eigenvalue weighted by Gasteiger charge is -2.14. The Labute approximate surface area is 121 Å². The SMILES string of the molecule is COc1ccc(C)cc1Cn1ccc(C(N)C(C)C)c1. The van der Waals surface area contributed by atoms with Gasteiger partial charge in [-0.2, -0.15) is 0 Å². The molecular weight excluding hydrogens is 248 g/mol. The Balaban J connectivity index is 2.20. The number of methoxy groups -OCH3 is 1. The molecule has 0 radical (unpaired) electrons. The van der Waals surface area contributed by atoms with E-state index >= 15 is 0 Å². The molecule has 1 aromatic carbocycles. The summed E-state index contributed by atoms with van der Waals surface area (Å²) in [6.07, 6.45) is 4.21. The highest BCUT2D eigenvalue weighted by Gasteiger charge is 2.12. The van der Waals surface area contributed by atoms with Crippen LogP contribution in [-0.2, 0) is 6.54 Å². The van der Waals surface area contributed by atoms with Crippen LogP contribution in [0.3, 0.4) is 0 Å². The van der Waals surface area contributed by atoms with E-state index in [4.69, 9.17) is 10.5 Å². The van der Waals surface area contributed by atoms with Crippen LogP contribution < -0.4 is 10.5 Å². The number of hydrogen-bond donors (Lipinski definition) is 1. The molecule has 0 aliphatic heterocycles. The van der Waals surface area contributed by atoms with Crippen molar-refractivity contribution in [2.24, 2.45) is 11.7 Å². The highest BCUT2D eigenvalue weighted by atomic mass is 16.5. The van der Waals surface area contributed by atoms with Crippen molar-refractivity contribution >= 4 is 0 Å². The van der Waals surface area contributed by atoms with Gasteiger partial charge in [-0.1, -0.05) is 31.5 Å². The molecule has 1 atom stereocenters. The topological polar surface area (TPSA) is 40.2 Å². The van der Waals surface area contributed by atoms with Gasteiger partial charge in [-0.3, -0.25) is 0 Å². The van der Waals surface area contributed by atoms with Crippen LogP contribution in [0.15, 0.2) is 36.7 Å². The quantitative estimate of drug-likeness (QED) is 0.904. The molecule has 0 saturated carbocycles. The molecule has 1 aromatic heterocycles. The highest BCUT2D eigenvalue weighted by molar-refractivity contribution is 5.37. The van der Waals surface area contributed by atoms with Crippen molar-refractivity contribution in [2.75, 3.05) is 7.11 Å². The van der Waals surface area contributed by atoms with E-state index in [0.29, 0.717) is 5.92 Å². The van der Waals surface area contributed by atoms with Gasteiger partial charge in [0.15, 0.2) is 0 Å². The maximum atomic E-state index is 6.19. The van der Waals surface area contributed by atoms with Gasteiger partial charge >= 0.3 is 0 Å². The summed E-state index contributed by atoms with van der Waals surface area (Å²) in [5.74, 6) is 1.37. The zero-order valence-corrected chi connectivity index (χ0v) is 12.8. The molecule has 2 N–H and O–H groups in total. The van der Waals surface area contributed by atoms with Crippen molar-refractivity contribution in [3.63, 3.8) is 0 Å². The number of ether oxygens (including phenoxy) is 1. The fraction of sp³-hybridized carbons (Fsp3) is 0.412. The van der Waals surface area contributed by atoms with Crippen molar-refractivity contribution in [3.05, 3.63) is 53.3 Å². The molecule has 2 rings (SSSR count). The van der Waals surface area contributed by atoms with E-state index in [9.17, 15) is 0 Å². The smallest absolute Gasteiger partial charge is 0.123 e. The Bertz CT molecular complexity index is 572. The van der Waals surface area contributed by atoms with Gasteiger partial charge in [-0.05, 0) is 30.5 Å². The molecule has 2 aromatic rings. The van der Waals surface area contributed by atoms with Gasteiger partial charge in [0, 0.05) is 24.0 Å². The van der Waals surface area contributed by atoms with E-state index in [2.05, 4.69) is 55.9 Å². The molecule has 3 heteroatoms. The lowest BCUT2D eigenvalue weighted by Crippen LogP contribution is -2.15. The molecule has 0 bridgehead atoms. The summed E-state index contributed by atoms with van der Waals surface area (Å²) in [6, 6.07) is 8.46. The van der Waals surface area contributed by atoms with E-state index in [1.54, 1.807) is 7.11 Å². The Morgan fingerprint density at radius 2 is 2.00 bits per heavy atom. The fourth-order valence-electron chi connectivity index (χ4n) is 2.37. The zero-order valence-electron chi connectivity index (χ0n) is 12.8. The molecule has 1 heterocycles. The van der Waals surface area contributed by atoms with Crippen molar-refractivity contribution in [3.8, 4) is 5.75 Å². The minimum atomic E-state index is 0.0932. The van der Waals surface area contributed by atoms with Gasteiger partial charge in [-0.15, -0.1) is 0 Å². The molecule has 1 unspecified atom stereocenters. The maximum Gasteiger partial charge on any atom is 0.123 e. The number of hydrogen-bond acceptors (Lipinski definition) is 2. The average molecular weight is 272 g/mol. The van der Waals surface area contributed by atoms with E-state index in [-0.39, 0.29) is 6.04 Å². The molecule has 0 spiro atoms. The summed E-state index contributed by atoms with van der Waals surface area (Å²) < 4.78 is 7.59. The van der Waals surface area contributed by atoms with Crippen molar-refractivity contribution in [1.82, 2.24) is 4.57 Å². The van der Waals surface area contributed by atoms with Crippen LogP contribution in [0.2, 0.25) is 0 Å². The monoisotopic (exact) mass is 272 g/mol. The van der Waals surface area contributed by atoms with Gasteiger partial charge in [-0.25, -0.2) is 0 Å². The Morgan fingerprint density at radius 3 is 2.65 bits per heavy atom. The van der Waals surface area contributed by atoms with Crippen molar-refractivity contribution < 1.29 is 4.74 Å². The van der Waals surface area contributed by atoms with E-state index in [1.807, 2.05) is 6.07 Å². The summed E-state index contributed by atoms with van der Waals surface area (Å²) in [7, 11) is 1.71. The first-order chi connectivity index (χ1) is 9.51. The number of benzene rings is 1. The lowest BCUT2D eigenvalue weighted by molar-refractivity contribution is 0.408. The second-order valence-corrected chi connectivity index (χ2v) is 5.70. The van der Waals surface area contributed by atoms with Crippen LogP contribution in [0.5, 0.6) is 5.75 Å². The molecule has 0 aliphatic carbocycles. The normalized spacial score (nSPS) is 12.7. The van der Waals surface area contributed by atoms with Crippen molar-refractivity contribution in [1.29, 1.82) is 0 Å². The molecule has 3 nitrogen and oxygen atoms in total. The second-order valence-electron chi connectivity index (χ2n) is 5.70. The Hall–Kier alpha value is -1.74. The first-order valence-corrected chi connectivity index (χ1v) is 7.06. The fourth-order valence-corrected chi connectivity index (χ4v) is 2.37. The number of nitrogens with zero attached hydrogens (tertiary/aromatic N) is 1. The second kappa shape index (κ2) is 6.14. The molecule has 0 aliphatic rings. The van der Waals surface area contributed by atoms with Gasteiger partial charge in [0.25, 0.3) is 0 Å². The Morgan fingerprint density at radius 1 is 1.25 bits per heavy atom. The third-order valence-corrected chi connectivity index (χ3v) is 3.67. The first kappa shape index (κ1) is 14.7. The van der Waals surface area contributed by atoms with E-state index in [0.717, 1.165) is 12.3 Å². The van der Waals surface area contributed by atoms with Crippen LogP contribution in [0, 0.1) is 12.8 Å². The zero-order chi connectivity index (χ0) is 14.7. The number of aromatic nitrogens is 1. The predicted molar refractivity (Wildman–Crippen MR) is 83.0 cm³/mol. The third kappa shape index (κ3) is 3.23. The largest absolute Gasteiger partial charge is 0.496 e. The lowest BCUT2D eigenvalue weighted by atomic mass is 10.00. The highest BCUT2D eigenvalue weighted by Crippen LogP contribution is 2.23. The first-order valence-electron chi connectivity index (χ1n) is 7.06. The minimum absolute atomic E-state index is 0.0932. The molecular formula is C17H24N2O. The van der Waals surface area contributed by atoms with Crippen LogP contribution >= 0.6 is 0 Å². The molecule has 0 saturated heterocycles. The average Bonchev–Trinajstić information content (AvgIpc) is 2.86. The summed E-state index contributed by atoms with van der Waals surface area (Å²) in [5, 5.41) is 0. The van der Waals surface area contributed by atoms with Gasteiger partial charge in [0.2, 0.25) is 0 Å². The van der Waals surface area contributed by atoms with Gasteiger partial charge in [0.1, 0.15) is 5.75 Å². The van der Waals surface area contributed by atoms with E-state index in [1.165, 1.54) is 16.7 Å². The standard InChI is InChI=1S/C17H24N2O/c1-12(2)17(18)14-7-8-19(10-14)11-15-9-13(3)5-6-16(15)20-4/h5-10,12,17H,11,18H2,1-4H3. The summed E-state index contributed by atoms with van der Waals surface area (Å²) in [5.41, 5.74) is 9.80. The maximum absolute atomic E-state index is 6.19. The molecule has 0 amide bonds. The molecule has 108 valence electrons. The van der Waals surface area contributed by atoms with Crippen LogP contribution in [-0.4, -0.2) is 11.7 Å². The Kier molecular flexibility index (Phi) is 4.50. The van der Waals surface area contributed by atoms with Crippen LogP contribution in [0.25, 0.3) is 0 Å². The molecule has 0 fully saturated rings. The number of rotatable bonds is 5. The van der Waals surface area contributed by atoms with Crippen molar-refractivity contribution in [2.45, 2.75) is 33.4 Å². The number of nitrogens with two attached hydrogens (primary N) is 1. The van der Waals surface area contributed by atoms with E-state index < -0.39 is 0 Å². The summed E-state index contributed by atoms with van der Waals surface area (Å²) in [4.78, 5) is 0. The summed E-state index contributed by atoms with van der Waals surface area (Å²) in [6.45, 7) is 7.19.